The summed E-state index contributed by atoms with van der Waals surface area (Å²) in [6.45, 7) is 2.03. The van der Waals surface area contributed by atoms with Gasteiger partial charge >= 0.3 is 0 Å². The van der Waals surface area contributed by atoms with Gasteiger partial charge in [-0.1, -0.05) is 30.3 Å². The van der Waals surface area contributed by atoms with E-state index >= 15 is 0 Å². The Morgan fingerprint density at radius 1 is 1.07 bits per heavy atom. The van der Waals surface area contributed by atoms with Gasteiger partial charge in [0.05, 0.1) is 24.1 Å². The van der Waals surface area contributed by atoms with Gasteiger partial charge < -0.3 is 14.2 Å². The van der Waals surface area contributed by atoms with Crippen molar-refractivity contribution < 1.29 is 19.0 Å². The fraction of sp³-hybridized carbons (Fsp3) is 0.273. The summed E-state index contributed by atoms with van der Waals surface area (Å²) >= 11 is 0. The van der Waals surface area contributed by atoms with E-state index in [-0.39, 0.29) is 12.7 Å². The molecule has 3 rings (SSSR count). The van der Waals surface area contributed by atoms with Gasteiger partial charge in [-0.05, 0) is 49.6 Å². The van der Waals surface area contributed by atoms with Gasteiger partial charge in [0.25, 0.3) is 5.91 Å². The zero-order chi connectivity index (χ0) is 19.9. The highest BCUT2D eigenvalue weighted by Crippen LogP contribution is 2.29. The third-order valence-electron chi connectivity index (χ3n) is 4.41. The molecule has 2 aromatic carbocycles. The molecule has 0 saturated carbocycles. The summed E-state index contributed by atoms with van der Waals surface area (Å²) in [6.07, 6.45) is 3.44. The minimum absolute atomic E-state index is 0.0930. The first-order valence-corrected chi connectivity index (χ1v) is 9.08. The Labute approximate surface area is 165 Å². The highest BCUT2D eigenvalue weighted by atomic mass is 16.7. The predicted octanol–water partition coefficient (Wildman–Crippen LogP) is 3.96. The van der Waals surface area contributed by atoms with Gasteiger partial charge in [0.15, 0.2) is 18.3 Å². The molecule has 6 nitrogen and oxygen atoms in total. The number of carbonyl (C=O) groups is 1. The molecular formula is C22H24N2O4. The van der Waals surface area contributed by atoms with Gasteiger partial charge in [-0.3, -0.25) is 4.79 Å². The minimum Gasteiger partial charge on any atom is -0.493 e. The monoisotopic (exact) mass is 380 g/mol. The number of carbonyl (C=O) groups excluding carboxylic acids is 1. The Morgan fingerprint density at radius 3 is 2.57 bits per heavy atom. The van der Waals surface area contributed by atoms with E-state index in [0.29, 0.717) is 17.1 Å². The van der Waals surface area contributed by atoms with Crippen molar-refractivity contribution in [2.24, 2.45) is 5.10 Å². The lowest BCUT2D eigenvalue weighted by molar-refractivity contribution is -0.114. The molecule has 1 heterocycles. The second-order valence-electron chi connectivity index (χ2n) is 6.33. The number of anilines is 1. The van der Waals surface area contributed by atoms with Crippen molar-refractivity contribution in [1.82, 2.24) is 0 Å². The van der Waals surface area contributed by atoms with Crippen molar-refractivity contribution in [3.05, 3.63) is 65.7 Å². The molecule has 0 radical (unpaired) electrons. The lowest BCUT2D eigenvalue weighted by atomic mass is 10.1. The second kappa shape index (κ2) is 9.19. The number of hydrogen-bond donors (Lipinski definition) is 0. The molecule has 0 atom stereocenters. The molecule has 0 saturated heterocycles. The van der Waals surface area contributed by atoms with Crippen LogP contribution < -0.4 is 14.5 Å². The molecule has 0 bridgehead atoms. The maximum absolute atomic E-state index is 12.7. The molecule has 1 aliphatic rings. The van der Waals surface area contributed by atoms with Crippen molar-refractivity contribution in [1.29, 1.82) is 0 Å². The average molecular weight is 380 g/mol. The van der Waals surface area contributed by atoms with E-state index in [0.717, 1.165) is 29.8 Å². The van der Waals surface area contributed by atoms with Crippen LogP contribution in [0.5, 0.6) is 11.5 Å². The molecule has 28 heavy (non-hydrogen) atoms. The number of methoxy groups -OCH3 is 2. The van der Waals surface area contributed by atoms with Crippen LogP contribution >= 0.6 is 0 Å². The Kier molecular flexibility index (Phi) is 6.45. The fourth-order valence-electron chi connectivity index (χ4n) is 2.99. The smallest absolute Gasteiger partial charge is 0.280 e. The number of para-hydroxylation sites is 1. The van der Waals surface area contributed by atoms with Crippen LogP contribution in [0.15, 0.2) is 65.3 Å². The lowest BCUT2D eigenvalue weighted by Crippen LogP contribution is -2.21. The molecular weight excluding hydrogens is 356 g/mol. The van der Waals surface area contributed by atoms with Crippen LogP contribution in [0.3, 0.4) is 0 Å². The van der Waals surface area contributed by atoms with Crippen LogP contribution in [0, 0.1) is 0 Å². The topological polar surface area (TPSA) is 60.4 Å². The second-order valence-corrected chi connectivity index (χ2v) is 6.33. The lowest BCUT2D eigenvalue weighted by Gasteiger charge is -2.11. The van der Waals surface area contributed by atoms with Gasteiger partial charge in [0, 0.05) is 7.11 Å². The Balaban J connectivity index is 1.66. The largest absolute Gasteiger partial charge is 0.493 e. The molecule has 0 fully saturated rings. The Hall–Kier alpha value is -3.12. The Morgan fingerprint density at radius 2 is 1.86 bits per heavy atom. The summed E-state index contributed by atoms with van der Waals surface area (Å²) in [5, 5.41) is 5.85. The number of nitrogens with zero attached hydrogens (tertiary/aromatic N) is 2. The molecule has 1 amide bonds. The summed E-state index contributed by atoms with van der Waals surface area (Å²) in [7, 11) is 3.18. The van der Waals surface area contributed by atoms with Crippen LogP contribution in [0.25, 0.3) is 0 Å². The minimum atomic E-state index is -0.0930. The van der Waals surface area contributed by atoms with E-state index in [4.69, 9.17) is 14.2 Å². The number of amides is 1. The number of ether oxygens (including phenoxy) is 3. The van der Waals surface area contributed by atoms with Crippen molar-refractivity contribution in [2.75, 3.05) is 26.0 Å². The first-order valence-electron chi connectivity index (χ1n) is 9.08. The van der Waals surface area contributed by atoms with E-state index < -0.39 is 0 Å². The Bertz CT molecular complexity index is 891. The maximum Gasteiger partial charge on any atom is 0.280 e. The SMILES string of the molecule is COCOc1ccc(CC/C=C2/C(=O)N(c3ccccc3)N=C2C)cc1OC. The fourth-order valence-corrected chi connectivity index (χ4v) is 2.99. The standard InChI is InChI=1S/C22H24N2O4/c1-16-19(22(25)24(23-16)18-9-5-4-6-10-18)11-7-8-17-12-13-20(28-15-26-2)21(14-17)27-3/h4-6,9-14H,7-8,15H2,1-3H3/b19-11+. The molecule has 6 heteroatoms. The highest BCUT2D eigenvalue weighted by molar-refractivity contribution is 6.29. The highest BCUT2D eigenvalue weighted by Gasteiger charge is 2.28. The number of hydrogen-bond acceptors (Lipinski definition) is 5. The number of hydrazone groups is 1. The van der Waals surface area contributed by atoms with Crippen molar-refractivity contribution in [2.45, 2.75) is 19.8 Å². The van der Waals surface area contributed by atoms with Crippen LogP contribution in [-0.4, -0.2) is 32.6 Å². The van der Waals surface area contributed by atoms with Crippen LogP contribution in [0.2, 0.25) is 0 Å². The summed E-state index contributed by atoms with van der Waals surface area (Å²) in [4.78, 5) is 12.7. The van der Waals surface area contributed by atoms with Gasteiger partial charge in [0.1, 0.15) is 0 Å². The number of aryl methyl sites for hydroxylation is 1. The third kappa shape index (κ3) is 4.40. The van der Waals surface area contributed by atoms with Crippen LogP contribution in [0.4, 0.5) is 5.69 Å². The van der Waals surface area contributed by atoms with Gasteiger partial charge in [-0.15, -0.1) is 0 Å². The van der Waals surface area contributed by atoms with Crippen LogP contribution in [0.1, 0.15) is 18.9 Å². The van der Waals surface area contributed by atoms with E-state index in [1.165, 1.54) is 5.01 Å². The summed E-state index contributed by atoms with van der Waals surface area (Å²) in [5.74, 6) is 1.20. The van der Waals surface area contributed by atoms with Crippen molar-refractivity contribution in [3.8, 4) is 11.5 Å². The third-order valence-corrected chi connectivity index (χ3v) is 4.41. The summed E-state index contributed by atoms with van der Waals surface area (Å²) in [5.41, 5.74) is 3.25. The normalized spacial score (nSPS) is 15.1. The number of benzene rings is 2. The quantitative estimate of drug-likeness (QED) is 0.514. The zero-order valence-corrected chi connectivity index (χ0v) is 16.3. The van der Waals surface area contributed by atoms with Gasteiger partial charge in [-0.2, -0.15) is 10.1 Å². The van der Waals surface area contributed by atoms with Crippen molar-refractivity contribution in [3.63, 3.8) is 0 Å². The molecule has 0 N–H and O–H groups in total. The zero-order valence-electron chi connectivity index (χ0n) is 16.3. The first-order chi connectivity index (χ1) is 13.6. The molecule has 1 aliphatic heterocycles. The number of allylic oxidation sites excluding steroid dienone is 1. The van der Waals surface area contributed by atoms with E-state index in [1.807, 2.05) is 61.5 Å². The molecule has 0 unspecified atom stereocenters. The van der Waals surface area contributed by atoms with E-state index in [9.17, 15) is 4.79 Å². The van der Waals surface area contributed by atoms with E-state index in [2.05, 4.69) is 5.10 Å². The molecule has 146 valence electrons. The molecule has 0 aliphatic carbocycles. The molecule has 0 spiro atoms. The maximum atomic E-state index is 12.7. The van der Waals surface area contributed by atoms with Gasteiger partial charge in [-0.25, -0.2) is 0 Å². The summed E-state index contributed by atoms with van der Waals surface area (Å²) in [6, 6.07) is 15.2. The molecule has 0 aromatic heterocycles. The first kappa shape index (κ1) is 19.6. The molecule has 2 aromatic rings. The van der Waals surface area contributed by atoms with E-state index in [1.54, 1.807) is 14.2 Å². The number of rotatable bonds is 8. The summed E-state index contributed by atoms with van der Waals surface area (Å²) < 4.78 is 15.8. The van der Waals surface area contributed by atoms with Crippen molar-refractivity contribution >= 4 is 17.3 Å². The average Bonchev–Trinajstić information content (AvgIpc) is 3.01. The van der Waals surface area contributed by atoms with Crippen LogP contribution in [-0.2, 0) is 16.0 Å². The van der Waals surface area contributed by atoms with Gasteiger partial charge in [0.2, 0.25) is 0 Å². The predicted molar refractivity (Wildman–Crippen MR) is 109 cm³/mol.